The highest BCUT2D eigenvalue weighted by molar-refractivity contribution is 6.00. The van der Waals surface area contributed by atoms with E-state index in [1.807, 2.05) is 51.1 Å². The van der Waals surface area contributed by atoms with Crippen LogP contribution in [0, 0.1) is 10.8 Å². The number of hydrogen-bond acceptors (Lipinski definition) is 4. The predicted octanol–water partition coefficient (Wildman–Crippen LogP) is 2.31. The molecule has 0 saturated heterocycles. The normalized spacial score (nSPS) is 16.9. The fourth-order valence-corrected chi connectivity index (χ4v) is 3.46. The lowest BCUT2D eigenvalue weighted by molar-refractivity contribution is -0.187. The standard InChI is InChI=1S/C18H28O5Si/c1-16(2,3)17(4,11-14(19)20)18(5,23-24)15(21)22-12-13-9-7-6-8-10-13/h6-10H,11-12H2,1-5,24H3,(H,19,20). The summed E-state index contributed by atoms with van der Waals surface area (Å²) in [7, 11) is 0.293. The molecule has 24 heavy (non-hydrogen) atoms. The van der Waals surface area contributed by atoms with Crippen LogP contribution in [0.2, 0.25) is 0 Å². The van der Waals surface area contributed by atoms with Gasteiger partial charge in [-0.25, -0.2) is 4.79 Å². The van der Waals surface area contributed by atoms with Crippen molar-refractivity contribution in [1.29, 1.82) is 0 Å². The molecule has 0 heterocycles. The number of benzene rings is 1. The van der Waals surface area contributed by atoms with Gasteiger partial charge in [0.2, 0.25) is 0 Å². The van der Waals surface area contributed by atoms with Crippen molar-refractivity contribution < 1.29 is 23.9 Å². The molecule has 0 aliphatic heterocycles. The molecule has 0 aliphatic carbocycles. The van der Waals surface area contributed by atoms with Gasteiger partial charge in [0.25, 0.3) is 0 Å². The van der Waals surface area contributed by atoms with Crippen molar-refractivity contribution in [2.24, 2.45) is 10.8 Å². The maximum atomic E-state index is 12.8. The van der Waals surface area contributed by atoms with E-state index in [9.17, 15) is 14.7 Å². The average molecular weight is 353 g/mol. The third-order valence-electron chi connectivity index (χ3n) is 5.22. The zero-order valence-corrected chi connectivity index (χ0v) is 17.4. The molecule has 5 nitrogen and oxygen atoms in total. The molecule has 1 aromatic carbocycles. The Bertz CT molecular complexity index is 581. The number of aliphatic carboxylic acids is 1. The number of carbonyl (C=O) groups is 2. The minimum Gasteiger partial charge on any atom is -0.481 e. The zero-order chi connectivity index (χ0) is 18.6. The summed E-state index contributed by atoms with van der Waals surface area (Å²) in [6.45, 7) is 9.30. The van der Waals surface area contributed by atoms with Crippen LogP contribution in [-0.4, -0.2) is 33.1 Å². The molecule has 0 saturated carbocycles. The molecule has 0 radical (unpaired) electrons. The topological polar surface area (TPSA) is 72.8 Å². The Hall–Kier alpha value is -1.66. The van der Waals surface area contributed by atoms with E-state index in [-0.39, 0.29) is 13.0 Å². The average Bonchev–Trinajstić information content (AvgIpc) is 2.50. The maximum absolute atomic E-state index is 12.8. The Labute approximate surface area is 146 Å². The second kappa shape index (κ2) is 7.48. The maximum Gasteiger partial charge on any atom is 0.337 e. The van der Waals surface area contributed by atoms with E-state index in [4.69, 9.17) is 9.16 Å². The summed E-state index contributed by atoms with van der Waals surface area (Å²) in [6.07, 6.45) is -0.185. The van der Waals surface area contributed by atoms with Crippen LogP contribution in [0.25, 0.3) is 0 Å². The summed E-state index contributed by atoms with van der Waals surface area (Å²) in [6, 6.07) is 9.36. The quantitative estimate of drug-likeness (QED) is 0.602. The number of rotatable bonds is 7. The van der Waals surface area contributed by atoms with Crippen LogP contribution in [0.5, 0.6) is 0 Å². The summed E-state index contributed by atoms with van der Waals surface area (Å²) >= 11 is 0. The highest BCUT2D eigenvalue weighted by Gasteiger charge is 2.58. The van der Waals surface area contributed by atoms with E-state index in [0.717, 1.165) is 5.56 Å². The summed E-state index contributed by atoms with van der Waals surface area (Å²) in [5, 5.41) is 9.36. The molecule has 2 unspecified atom stereocenters. The van der Waals surface area contributed by atoms with Gasteiger partial charge >= 0.3 is 11.9 Å². The van der Waals surface area contributed by atoms with E-state index in [1.54, 1.807) is 13.8 Å². The molecule has 2 atom stereocenters. The van der Waals surface area contributed by atoms with Gasteiger partial charge in [0, 0.05) is 5.41 Å². The van der Waals surface area contributed by atoms with Gasteiger partial charge in [-0.3, -0.25) is 4.79 Å². The number of esters is 1. The predicted molar refractivity (Wildman–Crippen MR) is 95.5 cm³/mol. The molecular formula is C18H28O5Si. The zero-order valence-electron chi connectivity index (χ0n) is 15.4. The first kappa shape index (κ1) is 20.4. The lowest BCUT2D eigenvalue weighted by Gasteiger charge is -2.51. The monoisotopic (exact) mass is 352 g/mol. The third kappa shape index (κ3) is 4.05. The fourth-order valence-electron chi connectivity index (χ4n) is 2.85. The summed E-state index contributed by atoms with van der Waals surface area (Å²) in [5.74, 6) is -1.49. The fraction of sp³-hybridized carbons (Fsp3) is 0.556. The molecule has 0 fully saturated rings. The van der Waals surface area contributed by atoms with Gasteiger partial charge < -0.3 is 14.3 Å². The van der Waals surface area contributed by atoms with Crippen LogP contribution in [0.15, 0.2) is 30.3 Å². The van der Waals surface area contributed by atoms with Crippen molar-refractivity contribution in [2.75, 3.05) is 0 Å². The Balaban J connectivity index is 3.11. The van der Waals surface area contributed by atoms with E-state index < -0.39 is 28.4 Å². The molecule has 1 N–H and O–H groups in total. The molecular weight excluding hydrogens is 324 g/mol. The number of ether oxygens (including phenoxy) is 1. The second-order valence-electron chi connectivity index (χ2n) is 7.45. The van der Waals surface area contributed by atoms with Crippen molar-refractivity contribution in [3.8, 4) is 0 Å². The molecule has 0 amide bonds. The van der Waals surface area contributed by atoms with Crippen molar-refractivity contribution in [1.82, 2.24) is 0 Å². The van der Waals surface area contributed by atoms with Gasteiger partial charge in [-0.05, 0) is 17.9 Å². The highest BCUT2D eigenvalue weighted by Crippen LogP contribution is 2.51. The van der Waals surface area contributed by atoms with Gasteiger partial charge in [-0.2, -0.15) is 0 Å². The number of hydrogen-bond donors (Lipinski definition) is 1. The first-order valence-electron chi connectivity index (χ1n) is 7.96. The smallest absolute Gasteiger partial charge is 0.337 e. The Morgan fingerprint density at radius 1 is 1.08 bits per heavy atom. The van der Waals surface area contributed by atoms with Crippen LogP contribution in [0.1, 0.15) is 46.6 Å². The first-order valence-corrected chi connectivity index (χ1v) is 8.77. The molecule has 0 spiro atoms. The van der Waals surface area contributed by atoms with E-state index in [0.29, 0.717) is 10.5 Å². The Kier molecular flexibility index (Phi) is 6.36. The number of carbonyl (C=O) groups excluding carboxylic acids is 1. The summed E-state index contributed by atoms with van der Waals surface area (Å²) in [4.78, 5) is 24.3. The van der Waals surface area contributed by atoms with Crippen molar-refractivity contribution in [2.45, 2.75) is 53.2 Å². The van der Waals surface area contributed by atoms with E-state index >= 15 is 0 Å². The van der Waals surface area contributed by atoms with Gasteiger partial charge in [0.15, 0.2) is 5.60 Å². The van der Waals surface area contributed by atoms with Crippen molar-refractivity contribution in [3.63, 3.8) is 0 Å². The van der Waals surface area contributed by atoms with Crippen LogP contribution < -0.4 is 0 Å². The molecule has 1 aromatic rings. The molecule has 134 valence electrons. The summed E-state index contributed by atoms with van der Waals surface area (Å²) < 4.78 is 11.2. The van der Waals surface area contributed by atoms with Gasteiger partial charge in [-0.1, -0.05) is 58.0 Å². The van der Waals surface area contributed by atoms with Crippen LogP contribution in [0.3, 0.4) is 0 Å². The van der Waals surface area contributed by atoms with E-state index in [1.165, 1.54) is 0 Å². The lowest BCUT2D eigenvalue weighted by Crippen LogP contribution is -2.59. The molecule has 1 rings (SSSR count). The largest absolute Gasteiger partial charge is 0.481 e. The van der Waals surface area contributed by atoms with Crippen LogP contribution in [0.4, 0.5) is 0 Å². The summed E-state index contributed by atoms with van der Waals surface area (Å²) in [5.41, 5.74) is -1.86. The lowest BCUT2D eigenvalue weighted by atomic mass is 9.57. The third-order valence-corrected chi connectivity index (χ3v) is 6.04. The van der Waals surface area contributed by atoms with Gasteiger partial charge in [0.1, 0.15) is 17.1 Å². The van der Waals surface area contributed by atoms with Gasteiger partial charge in [0.05, 0.1) is 6.42 Å². The molecule has 0 aliphatic rings. The Morgan fingerprint density at radius 3 is 2.04 bits per heavy atom. The van der Waals surface area contributed by atoms with Crippen LogP contribution >= 0.6 is 0 Å². The van der Waals surface area contributed by atoms with Crippen molar-refractivity contribution >= 4 is 22.4 Å². The van der Waals surface area contributed by atoms with E-state index in [2.05, 4.69) is 0 Å². The minimum absolute atomic E-state index is 0.132. The first-order chi connectivity index (χ1) is 11.0. The van der Waals surface area contributed by atoms with Gasteiger partial charge in [-0.15, -0.1) is 0 Å². The number of carboxylic acids is 1. The number of carboxylic acid groups (broad SMARTS) is 1. The highest BCUT2D eigenvalue weighted by atomic mass is 28.2. The SMILES string of the molecule is CC(C)(C)C(C)(CC(=O)O)C(C)(O[SiH3])C(=O)OCc1ccccc1. The molecule has 0 bridgehead atoms. The molecule has 0 aromatic heterocycles. The molecule has 6 heteroatoms. The van der Waals surface area contributed by atoms with Crippen molar-refractivity contribution in [3.05, 3.63) is 35.9 Å². The van der Waals surface area contributed by atoms with Crippen LogP contribution in [-0.2, 0) is 25.4 Å². The Morgan fingerprint density at radius 2 is 1.62 bits per heavy atom. The minimum atomic E-state index is -1.33. The second-order valence-corrected chi connectivity index (χ2v) is 7.86.